The van der Waals surface area contributed by atoms with Crippen molar-refractivity contribution in [2.24, 2.45) is 0 Å². The molecule has 0 fully saturated rings. The Kier molecular flexibility index (Phi) is 4.49. The van der Waals surface area contributed by atoms with E-state index in [1.807, 2.05) is 36.5 Å². The minimum absolute atomic E-state index is 0.0827. The summed E-state index contributed by atoms with van der Waals surface area (Å²) in [4.78, 5) is 15.9. The molecule has 0 unspecified atom stereocenters. The van der Waals surface area contributed by atoms with Crippen LogP contribution in [0.3, 0.4) is 0 Å². The van der Waals surface area contributed by atoms with Crippen LogP contribution >= 0.6 is 0 Å². The van der Waals surface area contributed by atoms with Gasteiger partial charge in [0.15, 0.2) is 0 Å². The fraction of sp³-hybridized carbons (Fsp3) is 0.222. The zero-order chi connectivity index (χ0) is 15.2. The summed E-state index contributed by atoms with van der Waals surface area (Å²) in [5, 5.41) is 2.88. The number of pyridine rings is 1. The number of benzene rings is 1. The molecule has 0 saturated carbocycles. The highest BCUT2D eigenvalue weighted by Gasteiger charge is 2.11. The third-order valence-electron chi connectivity index (χ3n) is 3.58. The van der Waals surface area contributed by atoms with Gasteiger partial charge in [0.1, 0.15) is 5.75 Å². The van der Waals surface area contributed by atoms with Crippen molar-refractivity contribution in [2.45, 2.75) is 12.8 Å². The predicted molar refractivity (Wildman–Crippen MR) is 85.6 cm³/mol. The van der Waals surface area contributed by atoms with E-state index >= 15 is 0 Å². The molecule has 1 aliphatic heterocycles. The Balaban J connectivity index is 1.49. The van der Waals surface area contributed by atoms with Gasteiger partial charge in [0.05, 0.1) is 6.61 Å². The number of rotatable bonds is 5. The number of ether oxygens (including phenoxy) is 1. The van der Waals surface area contributed by atoms with Crippen LogP contribution in [0.1, 0.15) is 16.7 Å². The van der Waals surface area contributed by atoms with Crippen LogP contribution in [0.25, 0.3) is 6.08 Å². The Hall–Kier alpha value is -2.62. The van der Waals surface area contributed by atoms with Gasteiger partial charge >= 0.3 is 0 Å². The predicted octanol–water partition coefficient (Wildman–Crippen LogP) is 2.39. The van der Waals surface area contributed by atoms with E-state index < -0.39 is 0 Å². The Morgan fingerprint density at radius 3 is 3.18 bits per heavy atom. The summed E-state index contributed by atoms with van der Waals surface area (Å²) >= 11 is 0. The second-order valence-corrected chi connectivity index (χ2v) is 5.20. The SMILES string of the molecule is O=C(/C=C/c1ccc2c(c1)CCO2)NCCc1cccnc1. The van der Waals surface area contributed by atoms with Crippen molar-refractivity contribution in [3.05, 3.63) is 65.5 Å². The smallest absolute Gasteiger partial charge is 0.244 e. The molecule has 2 aromatic rings. The van der Waals surface area contributed by atoms with Crippen LogP contribution in [0.15, 0.2) is 48.8 Å². The van der Waals surface area contributed by atoms with Gasteiger partial charge in [-0.05, 0) is 47.4 Å². The number of nitrogens with one attached hydrogen (secondary N) is 1. The van der Waals surface area contributed by atoms with E-state index in [0.29, 0.717) is 6.54 Å². The number of aromatic nitrogens is 1. The van der Waals surface area contributed by atoms with Gasteiger partial charge in [-0.3, -0.25) is 9.78 Å². The van der Waals surface area contributed by atoms with Crippen LogP contribution in [0, 0.1) is 0 Å². The molecule has 0 spiro atoms. The normalized spacial score (nSPS) is 12.9. The van der Waals surface area contributed by atoms with Gasteiger partial charge < -0.3 is 10.1 Å². The molecule has 1 N–H and O–H groups in total. The minimum atomic E-state index is -0.0827. The van der Waals surface area contributed by atoms with E-state index in [4.69, 9.17) is 4.74 Å². The maximum Gasteiger partial charge on any atom is 0.244 e. The number of hydrogen-bond acceptors (Lipinski definition) is 3. The summed E-state index contributed by atoms with van der Waals surface area (Å²) in [6, 6.07) is 9.89. The lowest BCUT2D eigenvalue weighted by Crippen LogP contribution is -2.23. The van der Waals surface area contributed by atoms with Crippen LogP contribution < -0.4 is 10.1 Å². The fourth-order valence-corrected chi connectivity index (χ4v) is 2.42. The van der Waals surface area contributed by atoms with Crippen molar-refractivity contribution >= 4 is 12.0 Å². The monoisotopic (exact) mass is 294 g/mol. The first-order chi connectivity index (χ1) is 10.8. The van der Waals surface area contributed by atoms with Crippen molar-refractivity contribution in [2.75, 3.05) is 13.2 Å². The van der Waals surface area contributed by atoms with Crippen LogP contribution in [-0.4, -0.2) is 24.0 Å². The summed E-state index contributed by atoms with van der Waals surface area (Å²) < 4.78 is 5.47. The molecule has 4 heteroatoms. The van der Waals surface area contributed by atoms with Crippen molar-refractivity contribution in [3.63, 3.8) is 0 Å². The van der Waals surface area contributed by atoms with Gasteiger partial charge in [0.2, 0.25) is 5.91 Å². The number of fused-ring (bicyclic) bond motifs is 1. The summed E-state index contributed by atoms with van der Waals surface area (Å²) in [6.45, 7) is 1.35. The van der Waals surface area contributed by atoms with E-state index in [2.05, 4.69) is 16.4 Å². The second kappa shape index (κ2) is 6.89. The molecule has 4 nitrogen and oxygen atoms in total. The number of nitrogens with zero attached hydrogens (tertiary/aromatic N) is 1. The van der Waals surface area contributed by atoms with Gasteiger partial charge in [-0.1, -0.05) is 12.1 Å². The number of hydrogen-bond donors (Lipinski definition) is 1. The lowest BCUT2D eigenvalue weighted by molar-refractivity contribution is -0.116. The van der Waals surface area contributed by atoms with E-state index in [1.54, 1.807) is 12.3 Å². The fourth-order valence-electron chi connectivity index (χ4n) is 2.42. The molecule has 0 bridgehead atoms. The molecule has 2 heterocycles. The molecule has 1 aromatic carbocycles. The number of carbonyl (C=O) groups excluding carboxylic acids is 1. The molecule has 112 valence electrons. The molecular weight excluding hydrogens is 276 g/mol. The van der Waals surface area contributed by atoms with Crippen molar-refractivity contribution in [3.8, 4) is 5.75 Å². The zero-order valence-corrected chi connectivity index (χ0v) is 12.3. The van der Waals surface area contributed by atoms with Gasteiger partial charge in [-0.2, -0.15) is 0 Å². The van der Waals surface area contributed by atoms with Gasteiger partial charge in [-0.25, -0.2) is 0 Å². The van der Waals surface area contributed by atoms with Crippen LogP contribution in [-0.2, 0) is 17.6 Å². The Morgan fingerprint density at radius 2 is 2.32 bits per heavy atom. The first kappa shape index (κ1) is 14.3. The van der Waals surface area contributed by atoms with Crippen molar-refractivity contribution in [1.82, 2.24) is 10.3 Å². The molecule has 3 rings (SSSR count). The lowest BCUT2D eigenvalue weighted by atomic mass is 10.1. The zero-order valence-electron chi connectivity index (χ0n) is 12.3. The van der Waals surface area contributed by atoms with E-state index in [9.17, 15) is 4.79 Å². The topological polar surface area (TPSA) is 51.2 Å². The standard InChI is InChI=1S/C18H18N2O2/c21-18(20-10-7-15-2-1-9-19-13-15)6-4-14-3-5-17-16(12-14)8-11-22-17/h1-6,9,12-13H,7-8,10-11H2,(H,20,21)/b6-4+. The Morgan fingerprint density at radius 1 is 1.36 bits per heavy atom. The van der Waals surface area contributed by atoms with Gasteiger partial charge in [0.25, 0.3) is 0 Å². The Bertz CT molecular complexity index is 681. The molecule has 22 heavy (non-hydrogen) atoms. The lowest BCUT2D eigenvalue weighted by Gasteiger charge is -2.02. The van der Waals surface area contributed by atoms with Crippen LogP contribution in [0.2, 0.25) is 0 Å². The Labute approximate surface area is 129 Å². The molecule has 0 radical (unpaired) electrons. The average molecular weight is 294 g/mol. The summed E-state index contributed by atoms with van der Waals surface area (Å²) in [5.41, 5.74) is 3.34. The molecule has 1 aromatic heterocycles. The molecule has 1 amide bonds. The highest BCUT2D eigenvalue weighted by Crippen LogP contribution is 2.26. The van der Waals surface area contributed by atoms with Crippen molar-refractivity contribution < 1.29 is 9.53 Å². The number of carbonyl (C=O) groups is 1. The van der Waals surface area contributed by atoms with Crippen LogP contribution in [0.5, 0.6) is 5.75 Å². The molecule has 0 aliphatic carbocycles. The second-order valence-electron chi connectivity index (χ2n) is 5.20. The van der Waals surface area contributed by atoms with E-state index in [0.717, 1.165) is 36.3 Å². The largest absolute Gasteiger partial charge is 0.493 e. The van der Waals surface area contributed by atoms with Gasteiger partial charge in [0, 0.05) is 31.4 Å². The molecule has 0 atom stereocenters. The van der Waals surface area contributed by atoms with Gasteiger partial charge in [-0.15, -0.1) is 0 Å². The maximum absolute atomic E-state index is 11.8. The molecule has 1 aliphatic rings. The summed E-state index contributed by atoms with van der Waals surface area (Å²) in [6.07, 6.45) is 8.68. The molecular formula is C18H18N2O2. The van der Waals surface area contributed by atoms with E-state index in [1.165, 1.54) is 5.56 Å². The maximum atomic E-state index is 11.8. The van der Waals surface area contributed by atoms with Crippen LogP contribution in [0.4, 0.5) is 0 Å². The van der Waals surface area contributed by atoms with Crippen molar-refractivity contribution in [1.29, 1.82) is 0 Å². The first-order valence-corrected chi connectivity index (χ1v) is 7.42. The first-order valence-electron chi connectivity index (χ1n) is 7.42. The highest BCUT2D eigenvalue weighted by atomic mass is 16.5. The minimum Gasteiger partial charge on any atom is -0.493 e. The van der Waals surface area contributed by atoms with E-state index in [-0.39, 0.29) is 5.91 Å². The third-order valence-corrected chi connectivity index (χ3v) is 3.58. The number of amides is 1. The summed E-state index contributed by atoms with van der Waals surface area (Å²) in [7, 11) is 0. The molecule has 0 saturated heterocycles. The average Bonchev–Trinajstić information content (AvgIpc) is 3.01. The summed E-state index contributed by atoms with van der Waals surface area (Å²) in [5.74, 6) is 0.874. The quantitative estimate of drug-likeness (QED) is 0.861. The highest BCUT2D eigenvalue weighted by molar-refractivity contribution is 5.91. The third kappa shape index (κ3) is 3.73.